The van der Waals surface area contributed by atoms with Gasteiger partial charge in [0.05, 0.1) is 5.56 Å². The van der Waals surface area contributed by atoms with E-state index in [0.29, 0.717) is 12.8 Å². The molecule has 0 atom stereocenters. The van der Waals surface area contributed by atoms with E-state index in [1.165, 1.54) is 12.1 Å². The third-order valence-electron chi connectivity index (χ3n) is 2.88. The number of hydrogen-bond donors (Lipinski definition) is 2. The first kappa shape index (κ1) is 11.6. The van der Waals surface area contributed by atoms with E-state index in [2.05, 4.69) is 5.32 Å². The number of carbonyl (C=O) groups is 2. The van der Waals surface area contributed by atoms with Gasteiger partial charge in [0.25, 0.3) is 5.91 Å². The van der Waals surface area contributed by atoms with Crippen LogP contribution in [0.15, 0.2) is 18.2 Å². The second-order valence-corrected chi connectivity index (χ2v) is 4.32. The average Bonchev–Trinajstić information content (AvgIpc) is 3.02. The normalized spacial score (nSPS) is 16.4. The molecule has 1 saturated carbocycles. The van der Waals surface area contributed by atoms with Gasteiger partial charge in [0, 0.05) is 0 Å². The fourth-order valence-corrected chi connectivity index (χ4v) is 1.62. The van der Waals surface area contributed by atoms with E-state index in [0.717, 1.165) is 5.56 Å². The van der Waals surface area contributed by atoms with Crippen LogP contribution in [0.5, 0.6) is 0 Å². The number of nitrogens with one attached hydrogen (secondary N) is 1. The van der Waals surface area contributed by atoms with Crippen LogP contribution < -0.4 is 5.32 Å². The lowest BCUT2D eigenvalue weighted by Crippen LogP contribution is -2.43. The molecule has 1 amide bonds. The van der Waals surface area contributed by atoms with Crippen LogP contribution in [0.25, 0.3) is 0 Å². The molecule has 0 unspecified atom stereocenters. The smallest absolute Gasteiger partial charge is 0.329 e. The van der Waals surface area contributed by atoms with Gasteiger partial charge in [-0.3, -0.25) is 4.79 Å². The Morgan fingerprint density at radius 1 is 1.41 bits per heavy atom. The van der Waals surface area contributed by atoms with Crippen molar-refractivity contribution >= 4 is 11.9 Å². The number of carboxylic acid groups (broad SMARTS) is 1. The average molecular weight is 237 g/mol. The molecule has 0 heterocycles. The first-order valence-electron chi connectivity index (χ1n) is 5.27. The second-order valence-electron chi connectivity index (χ2n) is 4.32. The van der Waals surface area contributed by atoms with E-state index in [1.807, 2.05) is 0 Å². The molecule has 0 bridgehead atoms. The number of benzene rings is 1. The van der Waals surface area contributed by atoms with Gasteiger partial charge < -0.3 is 10.4 Å². The molecule has 2 rings (SSSR count). The number of halogens is 1. The predicted octanol–water partition coefficient (Wildman–Crippen LogP) is 1.48. The van der Waals surface area contributed by atoms with E-state index in [1.54, 1.807) is 13.0 Å². The van der Waals surface area contributed by atoms with Gasteiger partial charge in [0.1, 0.15) is 11.4 Å². The molecule has 1 aliphatic carbocycles. The van der Waals surface area contributed by atoms with Crippen LogP contribution in [-0.2, 0) is 4.79 Å². The lowest BCUT2D eigenvalue weighted by atomic mass is 10.1. The summed E-state index contributed by atoms with van der Waals surface area (Å²) in [5.41, 5.74) is -0.554. The van der Waals surface area contributed by atoms with Crippen LogP contribution in [0.3, 0.4) is 0 Å². The van der Waals surface area contributed by atoms with Gasteiger partial charge in [-0.1, -0.05) is 11.6 Å². The molecule has 5 heteroatoms. The topological polar surface area (TPSA) is 66.4 Å². The molecule has 2 N–H and O–H groups in total. The molecule has 1 fully saturated rings. The maximum Gasteiger partial charge on any atom is 0.329 e. The number of amides is 1. The SMILES string of the molecule is Cc1ccc(F)c(C(=O)NC2(C(=O)O)CC2)c1. The van der Waals surface area contributed by atoms with Crippen molar-refractivity contribution < 1.29 is 19.1 Å². The van der Waals surface area contributed by atoms with Crippen LogP contribution in [0.2, 0.25) is 0 Å². The molecule has 1 aliphatic rings. The molecule has 4 nitrogen and oxygen atoms in total. The van der Waals surface area contributed by atoms with Gasteiger partial charge in [-0.05, 0) is 31.9 Å². The van der Waals surface area contributed by atoms with Gasteiger partial charge >= 0.3 is 5.97 Å². The molecule has 1 aromatic rings. The number of rotatable bonds is 3. The number of carbonyl (C=O) groups excluding carboxylic acids is 1. The fraction of sp³-hybridized carbons (Fsp3) is 0.333. The second kappa shape index (κ2) is 3.84. The molecular formula is C12H12FNO3. The molecule has 0 saturated heterocycles. The third-order valence-corrected chi connectivity index (χ3v) is 2.88. The first-order valence-corrected chi connectivity index (χ1v) is 5.27. The summed E-state index contributed by atoms with van der Waals surface area (Å²) in [5.74, 6) is -2.39. The first-order chi connectivity index (χ1) is 7.94. The van der Waals surface area contributed by atoms with E-state index in [4.69, 9.17) is 5.11 Å². The molecular weight excluding hydrogens is 225 g/mol. The van der Waals surface area contributed by atoms with Crippen LogP contribution in [-0.4, -0.2) is 22.5 Å². The minimum absolute atomic E-state index is 0.113. The Morgan fingerprint density at radius 3 is 2.59 bits per heavy atom. The van der Waals surface area contributed by atoms with Crippen molar-refractivity contribution in [1.82, 2.24) is 5.32 Å². The fourth-order valence-electron chi connectivity index (χ4n) is 1.62. The zero-order valence-corrected chi connectivity index (χ0v) is 9.29. The monoisotopic (exact) mass is 237 g/mol. The predicted molar refractivity (Wildman–Crippen MR) is 58.2 cm³/mol. The Morgan fingerprint density at radius 2 is 2.06 bits per heavy atom. The van der Waals surface area contributed by atoms with Crippen molar-refractivity contribution in [2.75, 3.05) is 0 Å². The zero-order valence-electron chi connectivity index (χ0n) is 9.29. The summed E-state index contributed by atoms with van der Waals surface area (Å²) in [6, 6.07) is 4.16. The van der Waals surface area contributed by atoms with E-state index >= 15 is 0 Å². The van der Waals surface area contributed by atoms with Crippen LogP contribution in [0.4, 0.5) is 4.39 Å². The summed E-state index contributed by atoms with van der Waals surface area (Å²) < 4.78 is 13.4. The van der Waals surface area contributed by atoms with Gasteiger partial charge in [-0.25, -0.2) is 9.18 Å². The molecule has 1 aromatic carbocycles. The van der Waals surface area contributed by atoms with Crippen molar-refractivity contribution in [3.05, 3.63) is 35.1 Å². The Kier molecular flexibility index (Phi) is 2.61. The Hall–Kier alpha value is -1.91. The summed E-state index contributed by atoms with van der Waals surface area (Å²) in [6.07, 6.45) is 0.781. The van der Waals surface area contributed by atoms with Gasteiger partial charge in [-0.15, -0.1) is 0 Å². The van der Waals surface area contributed by atoms with Crippen molar-refractivity contribution in [1.29, 1.82) is 0 Å². The van der Waals surface area contributed by atoms with E-state index < -0.39 is 23.2 Å². The van der Waals surface area contributed by atoms with E-state index in [-0.39, 0.29) is 5.56 Å². The molecule has 0 spiro atoms. The van der Waals surface area contributed by atoms with Crippen molar-refractivity contribution in [3.63, 3.8) is 0 Å². The quantitative estimate of drug-likeness (QED) is 0.836. The van der Waals surface area contributed by atoms with Crippen LogP contribution in [0, 0.1) is 12.7 Å². The molecule has 0 aromatic heterocycles. The highest BCUT2D eigenvalue weighted by Gasteiger charge is 2.51. The number of aliphatic carboxylic acids is 1. The highest BCUT2D eigenvalue weighted by molar-refractivity contribution is 5.99. The van der Waals surface area contributed by atoms with Crippen molar-refractivity contribution in [2.45, 2.75) is 25.3 Å². The summed E-state index contributed by atoms with van der Waals surface area (Å²) in [5, 5.41) is 11.3. The minimum Gasteiger partial charge on any atom is -0.480 e. The number of aryl methyl sites for hydroxylation is 1. The lowest BCUT2D eigenvalue weighted by Gasteiger charge is -2.13. The van der Waals surface area contributed by atoms with Crippen molar-refractivity contribution in [3.8, 4) is 0 Å². The van der Waals surface area contributed by atoms with Crippen molar-refractivity contribution in [2.24, 2.45) is 0 Å². The standard InChI is InChI=1S/C12H12FNO3/c1-7-2-3-9(13)8(6-7)10(15)14-12(4-5-12)11(16)17/h2-3,6H,4-5H2,1H3,(H,14,15)(H,16,17). The Bertz CT molecular complexity index is 495. The van der Waals surface area contributed by atoms with Gasteiger partial charge in [-0.2, -0.15) is 0 Å². The summed E-state index contributed by atoms with van der Waals surface area (Å²) >= 11 is 0. The van der Waals surface area contributed by atoms with Crippen LogP contribution >= 0.6 is 0 Å². The molecule has 0 radical (unpaired) electrons. The lowest BCUT2D eigenvalue weighted by molar-refractivity contribution is -0.140. The third kappa shape index (κ3) is 2.13. The largest absolute Gasteiger partial charge is 0.480 e. The van der Waals surface area contributed by atoms with Crippen LogP contribution in [0.1, 0.15) is 28.8 Å². The van der Waals surface area contributed by atoms with E-state index in [9.17, 15) is 14.0 Å². The highest BCUT2D eigenvalue weighted by Crippen LogP contribution is 2.35. The highest BCUT2D eigenvalue weighted by atomic mass is 19.1. The molecule has 90 valence electrons. The van der Waals surface area contributed by atoms with Gasteiger partial charge in [0.2, 0.25) is 0 Å². The number of carboxylic acids is 1. The Balaban J connectivity index is 2.21. The molecule has 0 aliphatic heterocycles. The molecule has 17 heavy (non-hydrogen) atoms. The zero-order chi connectivity index (χ0) is 12.6. The summed E-state index contributed by atoms with van der Waals surface area (Å²) in [4.78, 5) is 22.7. The summed E-state index contributed by atoms with van der Waals surface area (Å²) in [7, 11) is 0. The maximum absolute atomic E-state index is 13.4. The van der Waals surface area contributed by atoms with Gasteiger partial charge in [0.15, 0.2) is 0 Å². The Labute approximate surface area is 97.4 Å². The maximum atomic E-state index is 13.4. The summed E-state index contributed by atoms with van der Waals surface area (Å²) in [6.45, 7) is 1.74. The number of hydrogen-bond acceptors (Lipinski definition) is 2. The minimum atomic E-state index is -1.19.